The van der Waals surface area contributed by atoms with Crippen LogP contribution in [0.5, 0.6) is 0 Å². The van der Waals surface area contributed by atoms with Crippen LogP contribution in [0.15, 0.2) is 18.3 Å². The molecule has 1 heterocycles. The van der Waals surface area contributed by atoms with E-state index in [-0.39, 0.29) is 11.9 Å². The Hall–Kier alpha value is -1.62. The van der Waals surface area contributed by atoms with Gasteiger partial charge in [-0.2, -0.15) is 0 Å². The van der Waals surface area contributed by atoms with Gasteiger partial charge >= 0.3 is 0 Å². The molecule has 1 atom stereocenters. The third-order valence-corrected chi connectivity index (χ3v) is 3.34. The van der Waals surface area contributed by atoms with Crippen LogP contribution in [0.1, 0.15) is 37.6 Å². The summed E-state index contributed by atoms with van der Waals surface area (Å²) in [7, 11) is 4.04. The highest BCUT2D eigenvalue weighted by Crippen LogP contribution is 2.16. The van der Waals surface area contributed by atoms with Crippen LogP contribution in [0.25, 0.3) is 0 Å². The molecular weight excluding hydrogens is 264 g/mol. The fourth-order valence-corrected chi connectivity index (χ4v) is 2.40. The first kappa shape index (κ1) is 17.4. The van der Waals surface area contributed by atoms with Crippen molar-refractivity contribution in [1.82, 2.24) is 14.8 Å². The fraction of sp³-hybridized carbons (Fsp3) is 0.625. The summed E-state index contributed by atoms with van der Waals surface area (Å²) in [5, 5.41) is 3.23. The topological polar surface area (TPSA) is 48.5 Å². The number of nitrogens with zero attached hydrogens (tertiary/aromatic N) is 3. The Labute approximate surface area is 128 Å². The van der Waals surface area contributed by atoms with Gasteiger partial charge in [0.25, 0.3) is 5.91 Å². The summed E-state index contributed by atoms with van der Waals surface area (Å²) >= 11 is 0. The lowest BCUT2D eigenvalue weighted by Crippen LogP contribution is -2.44. The van der Waals surface area contributed by atoms with Crippen molar-refractivity contribution in [1.29, 1.82) is 0 Å². The van der Waals surface area contributed by atoms with E-state index < -0.39 is 0 Å². The molecule has 0 spiro atoms. The second-order valence-electron chi connectivity index (χ2n) is 5.53. The molecule has 0 aliphatic carbocycles. The molecule has 0 saturated heterocycles. The van der Waals surface area contributed by atoms with Crippen LogP contribution in [-0.4, -0.2) is 60.5 Å². The van der Waals surface area contributed by atoms with Gasteiger partial charge in [-0.1, -0.05) is 6.92 Å². The van der Waals surface area contributed by atoms with E-state index >= 15 is 0 Å². The number of carbonyl (C=O) groups is 1. The maximum absolute atomic E-state index is 12.8. The van der Waals surface area contributed by atoms with Gasteiger partial charge in [0.05, 0.1) is 5.56 Å². The first-order valence-electron chi connectivity index (χ1n) is 7.65. The number of hydrogen-bond acceptors (Lipinski definition) is 4. The molecule has 1 aromatic heterocycles. The zero-order chi connectivity index (χ0) is 15.8. The van der Waals surface area contributed by atoms with Gasteiger partial charge in [0.1, 0.15) is 5.82 Å². The van der Waals surface area contributed by atoms with Crippen LogP contribution in [0, 0.1) is 0 Å². The number of carbonyl (C=O) groups excluding carboxylic acids is 1. The second kappa shape index (κ2) is 8.62. The van der Waals surface area contributed by atoms with E-state index in [9.17, 15) is 4.79 Å². The minimum absolute atomic E-state index is 0.0403. The lowest BCUT2D eigenvalue weighted by Gasteiger charge is -2.30. The highest BCUT2D eigenvalue weighted by atomic mass is 16.2. The molecule has 1 aromatic rings. The Morgan fingerprint density at radius 2 is 2.10 bits per heavy atom. The van der Waals surface area contributed by atoms with Gasteiger partial charge in [0.15, 0.2) is 0 Å². The van der Waals surface area contributed by atoms with E-state index in [1.165, 1.54) is 0 Å². The van der Waals surface area contributed by atoms with Gasteiger partial charge in [-0.3, -0.25) is 4.79 Å². The maximum atomic E-state index is 12.8. The number of anilines is 1. The summed E-state index contributed by atoms with van der Waals surface area (Å²) in [5.41, 5.74) is 0.651. The van der Waals surface area contributed by atoms with E-state index in [0.29, 0.717) is 17.9 Å². The molecule has 1 unspecified atom stereocenters. The number of likely N-dealkylation sites (N-methyl/N-ethyl adjacent to an activating group) is 2. The van der Waals surface area contributed by atoms with E-state index in [2.05, 4.69) is 29.0 Å². The van der Waals surface area contributed by atoms with Gasteiger partial charge in [-0.25, -0.2) is 4.98 Å². The quantitative estimate of drug-likeness (QED) is 0.799. The largest absolute Gasteiger partial charge is 0.369 e. The zero-order valence-corrected chi connectivity index (χ0v) is 13.9. The van der Waals surface area contributed by atoms with Crippen LogP contribution < -0.4 is 5.32 Å². The molecule has 0 saturated carbocycles. The number of pyridine rings is 1. The monoisotopic (exact) mass is 292 g/mol. The van der Waals surface area contributed by atoms with Gasteiger partial charge in [0.2, 0.25) is 0 Å². The van der Waals surface area contributed by atoms with Crippen LogP contribution in [0.4, 0.5) is 5.82 Å². The highest BCUT2D eigenvalue weighted by molar-refractivity contribution is 5.98. The van der Waals surface area contributed by atoms with Crippen LogP contribution >= 0.6 is 0 Å². The third-order valence-electron chi connectivity index (χ3n) is 3.34. The molecule has 1 N–H and O–H groups in total. The molecule has 21 heavy (non-hydrogen) atoms. The molecule has 0 radical (unpaired) electrons. The van der Waals surface area contributed by atoms with E-state index in [1.807, 2.05) is 38.1 Å². The van der Waals surface area contributed by atoms with E-state index in [4.69, 9.17) is 0 Å². The van der Waals surface area contributed by atoms with Crippen molar-refractivity contribution in [3.8, 4) is 0 Å². The maximum Gasteiger partial charge on any atom is 0.257 e. The molecule has 0 fully saturated rings. The molecule has 5 heteroatoms. The number of amides is 1. The van der Waals surface area contributed by atoms with Crippen molar-refractivity contribution in [3.05, 3.63) is 23.9 Å². The smallest absolute Gasteiger partial charge is 0.257 e. The van der Waals surface area contributed by atoms with Crippen molar-refractivity contribution in [3.63, 3.8) is 0 Å². The molecule has 118 valence electrons. The summed E-state index contributed by atoms with van der Waals surface area (Å²) in [5.74, 6) is 0.721. The molecular formula is C16H28N4O. The number of aromatic nitrogens is 1. The number of hydrogen-bond donors (Lipinski definition) is 1. The lowest BCUT2D eigenvalue weighted by molar-refractivity contribution is 0.0679. The Morgan fingerprint density at radius 3 is 2.67 bits per heavy atom. The Morgan fingerprint density at radius 1 is 1.38 bits per heavy atom. The van der Waals surface area contributed by atoms with E-state index in [0.717, 1.165) is 19.5 Å². The summed E-state index contributed by atoms with van der Waals surface area (Å²) in [6, 6.07) is 3.82. The van der Waals surface area contributed by atoms with Crippen molar-refractivity contribution in [2.24, 2.45) is 0 Å². The number of nitrogens with one attached hydrogen (secondary N) is 1. The predicted octanol–water partition coefficient (Wildman–Crippen LogP) is 2.32. The van der Waals surface area contributed by atoms with E-state index in [1.54, 1.807) is 6.20 Å². The summed E-state index contributed by atoms with van der Waals surface area (Å²) in [6.45, 7) is 8.54. The molecule has 5 nitrogen and oxygen atoms in total. The predicted molar refractivity (Wildman–Crippen MR) is 87.7 cm³/mol. The van der Waals surface area contributed by atoms with Gasteiger partial charge in [0, 0.05) is 31.9 Å². The van der Waals surface area contributed by atoms with Gasteiger partial charge < -0.3 is 15.1 Å². The van der Waals surface area contributed by atoms with Crippen molar-refractivity contribution in [2.45, 2.75) is 33.2 Å². The van der Waals surface area contributed by atoms with Gasteiger partial charge in [-0.05, 0) is 46.5 Å². The Balaban J connectivity index is 2.94. The third kappa shape index (κ3) is 5.01. The zero-order valence-electron chi connectivity index (χ0n) is 13.9. The fourth-order valence-electron chi connectivity index (χ4n) is 2.40. The van der Waals surface area contributed by atoms with Gasteiger partial charge in [-0.15, -0.1) is 0 Å². The summed E-state index contributed by atoms with van der Waals surface area (Å²) < 4.78 is 0. The molecule has 0 aliphatic heterocycles. The van der Waals surface area contributed by atoms with Crippen LogP contribution in [-0.2, 0) is 0 Å². The first-order valence-corrected chi connectivity index (χ1v) is 7.65. The molecule has 0 bridgehead atoms. The standard InChI is InChI=1S/C16H28N4O/c1-6-10-17-15-14(9-8-11-18-15)16(21)20(7-2)13(3)12-19(4)5/h8-9,11,13H,6-7,10,12H2,1-5H3,(H,17,18). The number of rotatable bonds is 8. The summed E-state index contributed by atoms with van der Waals surface area (Å²) in [6.07, 6.45) is 2.72. The SMILES string of the molecule is CCCNc1ncccc1C(=O)N(CC)C(C)CN(C)C. The molecule has 1 amide bonds. The summed E-state index contributed by atoms with van der Waals surface area (Å²) in [4.78, 5) is 21.1. The Kier molecular flexibility index (Phi) is 7.15. The van der Waals surface area contributed by atoms with Crippen LogP contribution in [0.3, 0.4) is 0 Å². The second-order valence-corrected chi connectivity index (χ2v) is 5.53. The molecule has 1 rings (SSSR count). The molecule has 0 aromatic carbocycles. The lowest BCUT2D eigenvalue weighted by atomic mass is 10.1. The Bertz CT molecular complexity index is 448. The van der Waals surface area contributed by atoms with Crippen molar-refractivity contribution >= 4 is 11.7 Å². The van der Waals surface area contributed by atoms with Crippen LogP contribution in [0.2, 0.25) is 0 Å². The minimum atomic E-state index is 0.0403. The average Bonchev–Trinajstić information content (AvgIpc) is 2.45. The average molecular weight is 292 g/mol. The normalized spacial score (nSPS) is 12.3. The van der Waals surface area contributed by atoms with Crippen molar-refractivity contribution in [2.75, 3.05) is 39.0 Å². The van der Waals surface area contributed by atoms with Crippen molar-refractivity contribution < 1.29 is 4.79 Å². The molecule has 0 aliphatic rings. The highest BCUT2D eigenvalue weighted by Gasteiger charge is 2.22. The first-order chi connectivity index (χ1) is 10.0. The minimum Gasteiger partial charge on any atom is -0.369 e.